The van der Waals surface area contributed by atoms with Crippen LogP contribution in [0.2, 0.25) is 0 Å². The molecule has 1 aliphatic heterocycles. The van der Waals surface area contributed by atoms with E-state index in [1.807, 2.05) is 13.0 Å². The predicted octanol–water partition coefficient (Wildman–Crippen LogP) is 6.09. The van der Waals surface area contributed by atoms with Crippen LogP contribution >= 0.6 is 31.9 Å². The maximum absolute atomic E-state index is 12.7. The van der Waals surface area contributed by atoms with Crippen LogP contribution in [0, 0.1) is 6.92 Å². The number of aliphatic imine (C=N–C) groups is 1. The second-order valence-electron chi connectivity index (χ2n) is 7.13. The number of esters is 2. The van der Waals surface area contributed by atoms with E-state index in [1.165, 1.54) is 6.08 Å². The highest BCUT2D eigenvalue weighted by Gasteiger charge is 2.25. The minimum absolute atomic E-state index is 0.0821. The zero-order valence-corrected chi connectivity index (χ0v) is 20.8. The first-order valence-corrected chi connectivity index (χ1v) is 11.4. The van der Waals surface area contributed by atoms with E-state index < -0.39 is 11.9 Å². The number of carbonyl (C=O) groups is 2. The number of methoxy groups -OCH3 is 1. The van der Waals surface area contributed by atoms with Gasteiger partial charge < -0.3 is 14.2 Å². The van der Waals surface area contributed by atoms with E-state index in [-0.39, 0.29) is 17.3 Å². The van der Waals surface area contributed by atoms with E-state index in [9.17, 15) is 9.59 Å². The highest BCUT2D eigenvalue weighted by atomic mass is 79.9. The molecule has 4 rings (SSSR count). The molecule has 33 heavy (non-hydrogen) atoms. The van der Waals surface area contributed by atoms with Crippen molar-refractivity contribution in [1.29, 1.82) is 0 Å². The summed E-state index contributed by atoms with van der Waals surface area (Å²) in [6, 6.07) is 17.6. The van der Waals surface area contributed by atoms with Gasteiger partial charge >= 0.3 is 11.9 Å². The lowest BCUT2D eigenvalue weighted by atomic mass is 10.1. The van der Waals surface area contributed by atoms with Crippen molar-refractivity contribution in [3.05, 3.63) is 97.6 Å². The Bertz CT molecular complexity index is 1310. The Kier molecular flexibility index (Phi) is 6.76. The molecule has 1 aliphatic rings. The van der Waals surface area contributed by atoms with Crippen molar-refractivity contribution in [2.45, 2.75) is 6.92 Å². The summed E-state index contributed by atoms with van der Waals surface area (Å²) >= 11 is 6.87. The molecule has 166 valence electrons. The van der Waals surface area contributed by atoms with Gasteiger partial charge in [0, 0.05) is 15.6 Å². The molecule has 0 spiro atoms. The Labute approximate surface area is 207 Å². The van der Waals surface area contributed by atoms with Gasteiger partial charge in [-0.1, -0.05) is 33.6 Å². The molecule has 0 bridgehead atoms. The molecule has 3 aromatic rings. The Balaban J connectivity index is 1.69. The van der Waals surface area contributed by atoms with Crippen LogP contribution in [-0.2, 0) is 9.53 Å². The van der Waals surface area contributed by atoms with Crippen LogP contribution in [0.3, 0.4) is 0 Å². The molecular formula is C25H17Br2NO5. The van der Waals surface area contributed by atoms with Crippen LogP contribution in [-0.4, -0.2) is 24.9 Å². The van der Waals surface area contributed by atoms with Gasteiger partial charge in [0.2, 0.25) is 5.90 Å². The van der Waals surface area contributed by atoms with E-state index in [4.69, 9.17) is 14.2 Å². The fourth-order valence-electron chi connectivity index (χ4n) is 3.13. The topological polar surface area (TPSA) is 74.2 Å². The van der Waals surface area contributed by atoms with E-state index in [0.29, 0.717) is 26.9 Å². The highest BCUT2D eigenvalue weighted by molar-refractivity contribution is 9.11. The van der Waals surface area contributed by atoms with Gasteiger partial charge in [-0.2, -0.15) is 0 Å². The zero-order chi connectivity index (χ0) is 23.5. The van der Waals surface area contributed by atoms with Gasteiger partial charge in [0.05, 0.1) is 17.1 Å². The summed E-state index contributed by atoms with van der Waals surface area (Å²) in [5.41, 5.74) is 2.55. The molecule has 0 N–H and O–H groups in total. The minimum Gasteiger partial charge on any atom is -0.497 e. The number of halogens is 2. The van der Waals surface area contributed by atoms with Gasteiger partial charge in [-0.15, -0.1) is 0 Å². The van der Waals surface area contributed by atoms with Crippen LogP contribution in [0.4, 0.5) is 0 Å². The molecule has 1 heterocycles. The molecular weight excluding hydrogens is 554 g/mol. The number of hydrogen-bond acceptors (Lipinski definition) is 6. The SMILES string of the molecule is COc1ccc(C2=N/C(=C\c3cc(Br)cc(Br)c3OC(=O)c3cccc(C)c3)C(=O)O2)cc1. The first-order chi connectivity index (χ1) is 15.8. The minimum atomic E-state index is -0.604. The average molecular weight is 571 g/mol. The number of ether oxygens (including phenoxy) is 3. The molecule has 0 saturated heterocycles. The van der Waals surface area contributed by atoms with Crippen LogP contribution in [0.15, 0.2) is 80.3 Å². The summed E-state index contributed by atoms with van der Waals surface area (Å²) in [6.45, 7) is 1.90. The Hall–Kier alpha value is -3.23. The average Bonchev–Trinajstić information content (AvgIpc) is 3.16. The number of hydrogen-bond donors (Lipinski definition) is 0. The Morgan fingerprint density at radius 2 is 1.82 bits per heavy atom. The fourth-order valence-corrected chi connectivity index (χ4v) is 4.47. The standard InChI is InChI=1S/C25H17Br2NO5/c1-14-4-3-5-16(10-14)24(29)32-22-17(11-18(26)13-20(22)27)12-21-25(30)33-23(28-21)15-6-8-19(31-2)9-7-15/h3-13H,1-2H3/b21-12-. The van der Waals surface area contributed by atoms with Crippen LogP contribution in [0.1, 0.15) is 27.0 Å². The lowest BCUT2D eigenvalue weighted by molar-refractivity contribution is -0.129. The predicted molar refractivity (Wildman–Crippen MR) is 132 cm³/mol. The van der Waals surface area contributed by atoms with Gasteiger partial charge in [0.15, 0.2) is 11.4 Å². The van der Waals surface area contributed by atoms with Gasteiger partial charge in [-0.3, -0.25) is 0 Å². The second-order valence-corrected chi connectivity index (χ2v) is 8.90. The van der Waals surface area contributed by atoms with Crippen LogP contribution in [0.5, 0.6) is 11.5 Å². The summed E-state index contributed by atoms with van der Waals surface area (Å²) in [5, 5.41) is 0. The third-order valence-corrected chi connectivity index (χ3v) is 5.78. The number of cyclic esters (lactones) is 1. The van der Waals surface area contributed by atoms with Crippen molar-refractivity contribution in [2.75, 3.05) is 7.11 Å². The van der Waals surface area contributed by atoms with Crippen molar-refractivity contribution in [3.63, 3.8) is 0 Å². The van der Waals surface area contributed by atoms with Crippen molar-refractivity contribution in [2.24, 2.45) is 4.99 Å². The van der Waals surface area contributed by atoms with E-state index >= 15 is 0 Å². The molecule has 0 radical (unpaired) electrons. The lowest BCUT2D eigenvalue weighted by Crippen LogP contribution is -2.10. The summed E-state index contributed by atoms with van der Waals surface area (Å²) in [7, 11) is 1.57. The maximum atomic E-state index is 12.7. The molecule has 0 aromatic heterocycles. The van der Waals surface area contributed by atoms with Crippen molar-refractivity contribution in [3.8, 4) is 11.5 Å². The smallest absolute Gasteiger partial charge is 0.363 e. The van der Waals surface area contributed by atoms with Crippen LogP contribution in [0.25, 0.3) is 6.08 Å². The first-order valence-electron chi connectivity index (χ1n) is 9.79. The number of benzene rings is 3. The zero-order valence-electron chi connectivity index (χ0n) is 17.6. The molecule has 0 unspecified atom stereocenters. The van der Waals surface area contributed by atoms with Crippen LogP contribution < -0.4 is 9.47 Å². The fraction of sp³-hybridized carbons (Fsp3) is 0.0800. The van der Waals surface area contributed by atoms with Crippen molar-refractivity contribution < 1.29 is 23.8 Å². The summed E-state index contributed by atoms with van der Waals surface area (Å²) in [5.74, 6) is 0.00328. The third kappa shape index (κ3) is 5.23. The largest absolute Gasteiger partial charge is 0.497 e. The monoisotopic (exact) mass is 569 g/mol. The molecule has 0 fully saturated rings. The molecule has 0 atom stereocenters. The first kappa shape index (κ1) is 22.9. The van der Waals surface area contributed by atoms with Gasteiger partial charge in [-0.05, 0) is 77.5 Å². The van der Waals surface area contributed by atoms with E-state index in [1.54, 1.807) is 61.7 Å². The number of carbonyl (C=O) groups excluding carboxylic acids is 2. The van der Waals surface area contributed by atoms with Gasteiger partial charge in [0.25, 0.3) is 0 Å². The second kappa shape index (κ2) is 9.72. The third-order valence-electron chi connectivity index (χ3n) is 4.74. The molecule has 0 aliphatic carbocycles. The molecule has 8 heteroatoms. The highest BCUT2D eigenvalue weighted by Crippen LogP contribution is 2.36. The molecule has 0 saturated carbocycles. The van der Waals surface area contributed by atoms with E-state index in [0.717, 1.165) is 10.0 Å². The van der Waals surface area contributed by atoms with Gasteiger partial charge in [0.1, 0.15) is 5.75 Å². The maximum Gasteiger partial charge on any atom is 0.363 e. The number of rotatable bonds is 5. The quantitative estimate of drug-likeness (QED) is 0.211. The Morgan fingerprint density at radius 1 is 1.06 bits per heavy atom. The number of nitrogens with zero attached hydrogens (tertiary/aromatic N) is 1. The summed E-state index contributed by atoms with van der Waals surface area (Å²) < 4.78 is 17.4. The van der Waals surface area contributed by atoms with Crippen molar-refractivity contribution >= 4 is 55.8 Å². The number of aryl methyl sites for hydroxylation is 1. The summed E-state index contributed by atoms with van der Waals surface area (Å²) in [6.07, 6.45) is 1.52. The van der Waals surface area contributed by atoms with E-state index in [2.05, 4.69) is 36.9 Å². The van der Waals surface area contributed by atoms with Crippen molar-refractivity contribution in [1.82, 2.24) is 0 Å². The molecule has 0 amide bonds. The lowest BCUT2D eigenvalue weighted by Gasteiger charge is -2.11. The Morgan fingerprint density at radius 3 is 2.52 bits per heavy atom. The summed E-state index contributed by atoms with van der Waals surface area (Å²) in [4.78, 5) is 29.6. The van der Waals surface area contributed by atoms with Gasteiger partial charge in [-0.25, -0.2) is 14.6 Å². The molecule has 3 aromatic carbocycles. The molecule has 6 nitrogen and oxygen atoms in total. The normalized spacial score (nSPS) is 14.1.